The number of aryl methyl sites for hydroxylation is 3. The predicted octanol–water partition coefficient (Wildman–Crippen LogP) is 4.34. The Hall–Kier alpha value is -1.81. The third-order valence-electron chi connectivity index (χ3n) is 3.67. The van der Waals surface area contributed by atoms with Crippen LogP contribution in [0.3, 0.4) is 0 Å². The highest BCUT2D eigenvalue weighted by atomic mass is 19.2. The summed E-state index contributed by atoms with van der Waals surface area (Å²) in [6.07, 6.45) is 0. The summed E-state index contributed by atoms with van der Waals surface area (Å²) in [7, 11) is 1.67. The lowest BCUT2D eigenvalue weighted by atomic mass is 9.89. The maximum Gasteiger partial charge on any atom is 0.161 e. The first kappa shape index (κ1) is 15.6. The van der Waals surface area contributed by atoms with Crippen molar-refractivity contribution in [2.24, 2.45) is 0 Å². The first-order valence-electron chi connectivity index (χ1n) is 6.74. The topological polar surface area (TPSA) is 12.0 Å². The van der Waals surface area contributed by atoms with E-state index in [9.17, 15) is 13.2 Å². The van der Waals surface area contributed by atoms with Gasteiger partial charge in [0.25, 0.3) is 0 Å². The minimum absolute atomic E-state index is 0.103. The van der Waals surface area contributed by atoms with Gasteiger partial charge in [-0.3, -0.25) is 0 Å². The standard InChI is InChI=1S/C17H18F3N/c1-9-5-10(2)16(11(3)6-9)17(21-4)12-7-14(19)15(20)8-13(12)18/h5-8,17,21H,1-4H3. The highest BCUT2D eigenvalue weighted by Gasteiger charge is 2.22. The van der Waals surface area contributed by atoms with Crippen LogP contribution in [0.2, 0.25) is 0 Å². The lowest BCUT2D eigenvalue weighted by Gasteiger charge is -2.23. The molecule has 1 unspecified atom stereocenters. The zero-order valence-corrected chi connectivity index (χ0v) is 12.5. The molecule has 1 N–H and O–H groups in total. The van der Waals surface area contributed by atoms with Crippen molar-refractivity contribution in [3.8, 4) is 0 Å². The second kappa shape index (κ2) is 5.90. The number of rotatable bonds is 3. The summed E-state index contributed by atoms with van der Waals surface area (Å²) in [6, 6.07) is 4.97. The molecule has 0 aliphatic heterocycles. The highest BCUT2D eigenvalue weighted by Crippen LogP contribution is 2.31. The third kappa shape index (κ3) is 2.95. The molecule has 1 atom stereocenters. The van der Waals surface area contributed by atoms with Crippen LogP contribution in [0.1, 0.15) is 33.9 Å². The van der Waals surface area contributed by atoms with Crippen LogP contribution in [0, 0.1) is 38.2 Å². The van der Waals surface area contributed by atoms with Gasteiger partial charge < -0.3 is 5.32 Å². The fourth-order valence-electron chi connectivity index (χ4n) is 2.86. The van der Waals surface area contributed by atoms with E-state index >= 15 is 0 Å². The van der Waals surface area contributed by atoms with Crippen LogP contribution in [0.25, 0.3) is 0 Å². The Morgan fingerprint density at radius 2 is 1.33 bits per heavy atom. The van der Waals surface area contributed by atoms with Crippen molar-refractivity contribution < 1.29 is 13.2 Å². The second-order valence-electron chi connectivity index (χ2n) is 5.32. The Morgan fingerprint density at radius 1 is 0.810 bits per heavy atom. The van der Waals surface area contributed by atoms with Crippen LogP contribution in [0.5, 0.6) is 0 Å². The molecule has 1 nitrogen and oxygen atoms in total. The van der Waals surface area contributed by atoms with Crippen LogP contribution in [-0.2, 0) is 0 Å². The quantitative estimate of drug-likeness (QED) is 0.830. The van der Waals surface area contributed by atoms with Gasteiger partial charge in [0.1, 0.15) is 5.82 Å². The van der Waals surface area contributed by atoms with Gasteiger partial charge in [-0.2, -0.15) is 0 Å². The van der Waals surface area contributed by atoms with Crippen molar-refractivity contribution in [2.45, 2.75) is 26.8 Å². The van der Waals surface area contributed by atoms with Gasteiger partial charge >= 0.3 is 0 Å². The molecular weight excluding hydrogens is 275 g/mol. The van der Waals surface area contributed by atoms with E-state index in [0.29, 0.717) is 6.07 Å². The average Bonchev–Trinajstić information content (AvgIpc) is 2.38. The summed E-state index contributed by atoms with van der Waals surface area (Å²) in [4.78, 5) is 0. The van der Waals surface area contributed by atoms with Gasteiger partial charge in [-0.05, 0) is 50.6 Å². The minimum Gasteiger partial charge on any atom is -0.309 e. The molecule has 4 heteroatoms. The van der Waals surface area contributed by atoms with E-state index in [2.05, 4.69) is 5.32 Å². The van der Waals surface area contributed by atoms with Crippen LogP contribution < -0.4 is 5.32 Å². The SMILES string of the molecule is CNC(c1cc(F)c(F)cc1F)c1c(C)cc(C)cc1C. The van der Waals surface area contributed by atoms with E-state index in [4.69, 9.17) is 0 Å². The molecule has 112 valence electrons. The molecule has 0 amide bonds. The smallest absolute Gasteiger partial charge is 0.161 e. The van der Waals surface area contributed by atoms with Crippen LogP contribution >= 0.6 is 0 Å². The van der Waals surface area contributed by atoms with Crippen molar-refractivity contribution in [2.75, 3.05) is 7.05 Å². The Bertz CT molecular complexity index is 657. The molecule has 0 aliphatic carbocycles. The largest absolute Gasteiger partial charge is 0.309 e. The van der Waals surface area contributed by atoms with Crippen LogP contribution in [-0.4, -0.2) is 7.05 Å². The summed E-state index contributed by atoms with van der Waals surface area (Å²) in [5.41, 5.74) is 4.06. The normalized spacial score (nSPS) is 12.5. The molecule has 0 spiro atoms. The number of nitrogens with one attached hydrogen (secondary N) is 1. The van der Waals surface area contributed by atoms with Gasteiger partial charge in [-0.1, -0.05) is 17.7 Å². The van der Waals surface area contributed by atoms with E-state index in [1.807, 2.05) is 32.9 Å². The molecule has 0 aromatic heterocycles. The second-order valence-corrected chi connectivity index (χ2v) is 5.32. The number of halogens is 3. The molecule has 2 aromatic rings. The summed E-state index contributed by atoms with van der Waals surface area (Å²) < 4.78 is 40.6. The molecule has 21 heavy (non-hydrogen) atoms. The van der Waals surface area contributed by atoms with E-state index in [0.717, 1.165) is 28.3 Å². The predicted molar refractivity (Wildman–Crippen MR) is 77.9 cm³/mol. The number of benzene rings is 2. The van der Waals surface area contributed by atoms with Gasteiger partial charge in [-0.15, -0.1) is 0 Å². The molecule has 2 rings (SSSR count). The van der Waals surface area contributed by atoms with Crippen molar-refractivity contribution >= 4 is 0 Å². The molecule has 0 aliphatic rings. The van der Waals surface area contributed by atoms with E-state index in [1.54, 1.807) is 7.05 Å². The Kier molecular flexibility index (Phi) is 4.37. The molecule has 0 bridgehead atoms. The third-order valence-corrected chi connectivity index (χ3v) is 3.67. The van der Waals surface area contributed by atoms with E-state index < -0.39 is 23.5 Å². The minimum atomic E-state index is -1.18. The van der Waals surface area contributed by atoms with Crippen molar-refractivity contribution in [3.05, 3.63) is 69.5 Å². The lowest BCUT2D eigenvalue weighted by molar-refractivity contribution is 0.483. The van der Waals surface area contributed by atoms with Crippen molar-refractivity contribution in [3.63, 3.8) is 0 Å². The molecule has 0 radical (unpaired) electrons. The number of hydrogen-bond donors (Lipinski definition) is 1. The van der Waals surface area contributed by atoms with Gasteiger partial charge in [0.2, 0.25) is 0 Å². The summed E-state index contributed by atoms with van der Waals surface area (Å²) in [5, 5.41) is 2.99. The van der Waals surface area contributed by atoms with Gasteiger partial charge in [0.15, 0.2) is 11.6 Å². The molecular formula is C17H18F3N. The molecule has 0 fully saturated rings. The summed E-state index contributed by atoms with van der Waals surface area (Å²) >= 11 is 0. The maximum atomic E-state index is 14.0. The molecule has 0 saturated heterocycles. The zero-order chi connectivity index (χ0) is 15.7. The van der Waals surface area contributed by atoms with Gasteiger partial charge in [0.05, 0.1) is 6.04 Å². The first-order chi connectivity index (χ1) is 9.85. The summed E-state index contributed by atoms with van der Waals surface area (Å²) in [5.74, 6) is -2.98. The lowest BCUT2D eigenvalue weighted by Crippen LogP contribution is -2.21. The number of hydrogen-bond acceptors (Lipinski definition) is 1. The molecule has 2 aromatic carbocycles. The molecule has 0 saturated carbocycles. The monoisotopic (exact) mass is 293 g/mol. The van der Waals surface area contributed by atoms with E-state index in [1.165, 1.54) is 0 Å². The summed E-state index contributed by atoms with van der Waals surface area (Å²) in [6.45, 7) is 5.84. The maximum absolute atomic E-state index is 14.0. The Labute approximate surface area is 122 Å². The fraction of sp³-hybridized carbons (Fsp3) is 0.294. The molecule has 0 heterocycles. The Balaban J connectivity index is 2.63. The fourth-order valence-corrected chi connectivity index (χ4v) is 2.86. The van der Waals surface area contributed by atoms with Crippen LogP contribution in [0.4, 0.5) is 13.2 Å². The van der Waals surface area contributed by atoms with Gasteiger partial charge in [-0.25, -0.2) is 13.2 Å². The van der Waals surface area contributed by atoms with Gasteiger partial charge in [0, 0.05) is 11.6 Å². The zero-order valence-electron chi connectivity index (χ0n) is 12.5. The average molecular weight is 293 g/mol. The highest BCUT2D eigenvalue weighted by molar-refractivity contribution is 5.44. The Morgan fingerprint density at radius 3 is 1.86 bits per heavy atom. The first-order valence-corrected chi connectivity index (χ1v) is 6.74. The van der Waals surface area contributed by atoms with E-state index in [-0.39, 0.29) is 5.56 Å². The van der Waals surface area contributed by atoms with Crippen molar-refractivity contribution in [1.82, 2.24) is 5.32 Å². The van der Waals surface area contributed by atoms with Crippen LogP contribution in [0.15, 0.2) is 24.3 Å². The van der Waals surface area contributed by atoms with Crippen molar-refractivity contribution in [1.29, 1.82) is 0 Å².